The van der Waals surface area contributed by atoms with Crippen molar-refractivity contribution < 1.29 is 14.3 Å². The maximum absolute atomic E-state index is 11.7. The molecular weight excluding hydrogens is 430 g/mol. The zero-order chi connectivity index (χ0) is 20.7. The summed E-state index contributed by atoms with van der Waals surface area (Å²) in [6, 6.07) is 17.9. The predicted octanol–water partition coefficient (Wildman–Crippen LogP) is 4.74. The van der Waals surface area contributed by atoms with E-state index in [0.29, 0.717) is 6.42 Å². The van der Waals surface area contributed by atoms with Gasteiger partial charge in [0.05, 0.1) is 6.61 Å². The fourth-order valence-electron chi connectivity index (χ4n) is 3.26. The number of carbonyl (C=O) groups excluding carboxylic acids is 2. The molecule has 0 spiro atoms. The quantitative estimate of drug-likeness (QED) is 0.406. The number of aldehydes is 1. The fourth-order valence-corrected chi connectivity index (χ4v) is 3.71. The molecule has 0 aliphatic heterocycles. The topological polar surface area (TPSA) is 46.6 Å². The van der Waals surface area contributed by atoms with E-state index in [2.05, 4.69) is 28.1 Å². The zero-order valence-electron chi connectivity index (χ0n) is 16.3. The van der Waals surface area contributed by atoms with E-state index in [4.69, 9.17) is 4.74 Å². The van der Waals surface area contributed by atoms with Crippen LogP contribution in [-0.4, -0.2) is 31.4 Å². The summed E-state index contributed by atoms with van der Waals surface area (Å²) in [5.41, 5.74) is 1.21. The van der Waals surface area contributed by atoms with Crippen molar-refractivity contribution in [1.82, 2.24) is 0 Å². The van der Waals surface area contributed by atoms with Crippen molar-refractivity contribution in [3.05, 3.63) is 88.9 Å². The minimum Gasteiger partial charge on any atom is -0.348 e. The van der Waals surface area contributed by atoms with Crippen molar-refractivity contribution in [3.8, 4) is 0 Å². The first-order chi connectivity index (χ1) is 14.0. The molecule has 2 aromatic rings. The Balaban J connectivity index is 1.70. The normalized spacial score (nSPS) is 15.9. The lowest BCUT2D eigenvalue weighted by molar-refractivity contribution is -0.115. The van der Waals surface area contributed by atoms with Gasteiger partial charge in [0, 0.05) is 23.1 Å². The highest BCUT2D eigenvalue weighted by molar-refractivity contribution is 9.10. The van der Waals surface area contributed by atoms with Crippen LogP contribution in [0.2, 0.25) is 0 Å². The molecule has 0 saturated heterocycles. The number of halogens is 1. The van der Waals surface area contributed by atoms with Crippen molar-refractivity contribution in [1.29, 1.82) is 0 Å². The number of carbonyl (C=O) groups is 2. The van der Waals surface area contributed by atoms with Gasteiger partial charge in [-0.1, -0.05) is 46.3 Å². The molecular formula is C24H24BrNO3. The number of likely N-dealkylation sites (N-methyl/N-ethyl adjacent to an activating group) is 1. The lowest BCUT2D eigenvalue weighted by Gasteiger charge is -2.40. The Morgan fingerprint density at radius 2 is 1.83 bits per heavy atom. The van der Waals surface area contributed by atoms with Gasteiger partial charge in [-0.3, -0.25) is 4.79 Å². The standard InChI is InChI=1S/C24H24BrNO3/c1-26(22-8-3-2-4-9-22)24(14-12-23(28)13-15-24)29-18-20(17-27)11-10-19-6-5-7-21(25)16-19/h2-9,12-17,20H,10-11,18H2,1H3. The molecule has 4 nitrogen and oxygen atoms in total. The van der Waals surface area contributed by atoms with Crippen LogP contribution in [0.4, 0.5) is 5.69 Å². The second kappa shape index (κ2) is 9.81. The minimum atomic E-state index is -0.910. The Bertz CT molecular complexity index is 891. The number of hydrogen-bond acceptors (Lipinski definition) is 4. The van der Waals surface area contributed by atoms with Crippen molar-refractivity contribution >= 4 is 33.7 Å². The molecule has 1 atom stereocenters. The minimum absolute atomic E-state index is 0.0766. The molecule has 0 fully saturated rings. The third-order valence-electron chi connectivity index (χ3n) is 5.05. The first kappa shape index (κ1) is 21.2. The molecule has 29 heavy (non-hydrogen) atoms. The predicted molar refractivity (Wildman–Crippen MR) is 119 cm³/mol. The first-order valence-corrected chi connectivity index (χ1v) is 10.4. The lowest BCUT2D eigenvalue weighted by Crippen LogP contribution is -2.48. The SMILES string of the molecule is CN(c1ccccc1)C1(OCC(C=O)CCc2cccc(Br)c2)C=CC(=O)C=C1. The largest absolute Gasteiger partial charge is 0.348 e. The van der Waals surface area contributed by atoms with E-state index in [1.165, 1.54) is 17.7 Å². The van der Waals surface area contributed by atoms with Gasteiger partial charge >= 0.3 is 0 Å². The van der Waals surface area contributed by atoms with Crippen LogP contribution in [-0.2, 0) is 20.7 Å². The lowest BCUT2D eigenvalue weighted by atomic mass is 10.00. The van der Waals surface area contributed by atoms with Gasteiger partial charge in [-0.25, -0.2) is 0 Å². The molecule has 0 amide bonds. The number of ether oxygens (including phenoxy) is 1. The number of allylic oxidation sites excluding steroid dienone is 2. The van der Waals surface area contributed by atoms with Crippen molar-refractivity contribution in [3.63, 3.8) is 0 Å². The van der Waals surface area contributed by atoms with Crippen LogP contribution in [0.3, 0.4) is 0 Å². The summed E-state index contributed by atoms with van der Waals surface area (Å²) in [4.78, 5) is 25.3. The number of rotatable bonds is 9. The first-order valence-electron chi connectivity index (χ1n) is 9.57. The maximum atomic E-state index is 11.7. The molecule has 2 aromatic carbocycles. The summed E-state index contributed by atoms with van der Waals surface area (Å²) in [5, 5.41) is 0. The number of ketones is 1. The molecule has 0 bridgehead atoms. The molecule has 1 unspecified atom stereocenters. The molecule has 0 saturated carbocycles. The molecule has 0 radical (unpaired) electrons. The average Bonchev–Trinajstić information content (AvgIpc) is 2.75. The van der Waals surface area contributed by atoms with E-state index in [1.54, 1.807) is 12.2 Å². The molecule has 1 aliphatic rings. The second-order valence-electron chi connectivity index (χ2n) is 7.09. The van der Waals surface area contributed by atoms with Crippen LogP contribution < -0.4 is 4.90 Å². The van der Waals surface area contributed by atoms with Crippen LogP contribution in [0.5, 0.6) is 0 Å². The molecule has 3 rings (SSSR count). The van der Waals surface area contributed by atoms with E-state index < -0.39 is 5.72 Å². The van der Waals surface area contributed by atoms with Gasteiger partial charge < -0.3 is 14.4 Å². The van der Waals surface area contributed by atoms with Crippen molar-refractivity contribution in [2.24, 2.45) is 5.92 Å². The summed E-state index contributed by atoms with van der Waals surface area (Å²) in [7, 11) is 1.91. The van der Waals surface area contributed by atoms with Crippen LogP contribution in [0.1, 0.15) is 12.0 Å². The van der Waals surface area contributed by atoms with Gasteiger partial charge in [0.2, 0.25) is 0 Å². The third-order valence-corrected chi connectivity index (χ3v) is 5.55. The molecule has 5 heteroatoms. The van der Waals surface area contributed by atoms with Gasteiger partial charge in [0.15, 0.2) is 11.5 Å². The number of hydrogen-bond donors (Lipinski definition) is 0. The summed E-state index contributed by atoms with van der Waals surface area (Å²) in [6.07, 6.45) is 8.95. The zero-order valence-corrected chi connectivity index (χ0v) is 17.9. The molecule has 150 valence electrons. The summed E-state index contributed by atoms with van der Waals surface area (Å²) < 4.78 is 7.29. The van der Waals surface area contributed by atoms with Crippen LogP contribution in [0.15, 0.2) is 83.4 Å². The van der Waals surface area contributed by atoms with Gasteiger partial charge in [0.25, 0.3) is 0 Å². The summed E-state index contributed by atoms with van der Waals surface area (Å²) in [5.74, 6) is -0.318. The summed E-state index contributed by atoms with van der Waals surface area (Å²) >= 11 is 3.48. The maximum Gasteiger partial charge on any atom is 0.180 e. The van der Waals surface area contributed by atoms with E-state index >= 15 is 0 Å². The van der Waals surface area contributed by atoms with E-state index in [9.17, 15) is 9.59 Å². The van der Waals surface area contributed by atoms with E-state index in [0.717, 1.165) is 22.9 Å². The number of anilines is 1. The van der Waals surface area contributed by atoms with Gasteiger partial charge in [0.1, 0.15) is 6.29 Å². The monoisotopic (exact) mass is 453 g/mol. The number of benzene rings is 2. The fraction of sp³-hybridized carbons (Fsp3) is 0.250. The second-order valence-corrected chi connectivity index (χ2v) is 8.01. The average molecular weight is 454 g/mol. The Morgan fingerprint density at radius 3 is 2.48 bits per heavy atom. The van der Waals surface area contributed by atoms with Crippen LogP contribution in [0, 0.1) is 5.92 Å². The van der Waals surface area contributed by atoms with Crippen molar-refractivity contribution in [2.75, 3.05) is 18.6 Å². The van der Waals surface area contributed by atoms with Crippen molar-refractivity contribution in [2.45, 2.75) is 18.6 Å². The molecule has 0 heterocycles. The van der Waals surface area contributed by atoms with Gasteiger partial charge in [-0.15, -0.1) is 0 Å². The smallest absolute Gasteiger partial charge is 0.180 e. The van der Waals surface area contributed by atoms with E-state index in [-0.39, 0.29) is 18.3 Å². The summed E-state index contributed by atoms with van der Waals surface area (Å²) in [6.45, 7) is 0.261. The molecule has 0 N–H and O–H groups in total. The third kappa shape index (κ3) is 5.52. The molecule has 0 aromatic heterocycles. The van der Waals surface area contributed by atoms with Gasteiger partial charge in [-0.2, -0.15) is 0 Å². The number of para-hydroxylation sites is 1. The highest BCUT2D eigenvalue weighted by Gasteiger charge is 2.33. The molecule has 1 aliphatic carbocycles. The van der Waals surface area contributed by atoms with Crippen LogP contribution >= 0.6 is 15.9 Å². The number of aryl methyl sites for hydroxylation is 1. The Hall–Kier alpha value is -2.50. The number of nitrogens with zero attached hydrogens (tertiary/aromatic N) is 1. The van der Waals surface area contributed by atoms with Crippen LogP contribution in [0.25, 0.3) is 0 Å². The Labute approximate surface area is 180 Å². The highest BCUT2D eigenvalue weighted by Crippen LogP contribution is 2.29. The Kier molecular flexibility index (Phi) is 7.18. The highest BCUT2D eigenvalue weighted by atomic mass is 79.9. The Morgan fingerprint density at radius 1 is 1.10 bits per heavy atom. The van der Waals surface area contributed by atoms with Gasteiger partial charge in [-0.05, 0) is 67.0 Å². The van der Waals surface area contributed by atoms with E-state index in [1.807, 2.05) is 54.4 Å².